The SMILES string of the molecule is C(/C=C/C1=C/CCCCCC1)=C\C/C1=C/CCCCCC1. The molecule has 0 nitrogen and oxygen atoms in total. The first-order valence-corrected chi connectivity index (χ1v) is 9.15. The van der Waals surface area contributed by atoms with Gasteiger partial charge in [-0.2, -0.15) is 0 Å². The quantitative estimate of drug-likeness (QED) is 0.383. The van der Waals surface area contributed by atoms with Crippen molar-refractivity contribution in [2.24, 2.45) is 0 Å². The summed E-state index contributed by atoms with van der Waals surface area (Å²) in [6.07, 6.45) is 31.6. The maximum Gasteiger partial charge on any atom is -0.0136 e. The first-order valence-electron chi connectivity index (χ1n) is 9.15. The van der Waals surface area contributed by atoms with E-state index in [9.17, 15) is 0 Å². The first kappa shape index (κ1) is 16.3. The van der Waals surface area contributed by atoms with Crippen molar-refractivity contribution in [3.05, 3.63) is 47.6 Å². The van der Waals surface area contributed by atoms with Gasteiger partial charge in [0.25, 0.3) is 0 Å². The zero-order valence-corrected chi connectivity index (χ0v) is 13.7. The van der Waals surface area contributed by atoms with Gasteiger partial charge >= 0.3 is 0 Å². The highest BCUT2D eigenvalue weighted by Gasteiger charge is 2.00. The Morgan fingerprint density at radius 1 is 0.714 bits per heavy atom. The molecule has 0 fully saturated rings. The van der Waals surface area contributed by atoms with Crippen LogP contribution in [0, 0.1) is 0 Å². The summed E-state index contributed by atoms with van der Waals surface area (Å²) in [5.74, 6) is 0. The lowest BCUT2D eigenvalue weighted by Gasteiger charge is -2.09. The van der Waals surface area contributed by atoms with E-state index in [-0.39, 0.29) is 0 Å². The lowest BCUT2D eigenvalue weighted by atomic mass is 9.98. The van der Waals surface area contributed by atoms with E-state index in [4.69, 9.17) is 0 Å². The van der Waals surface area contributed by atoms with Crippen molar-refractivity contribution in [3.8, 4) is 0 Å². The molecule has 0 heteroatoms. The number of rotatable bonds is 4. The normalized spacial score (nSPS) is 27.2. The molecule has 0 aromatic carbocycles. The van der Waals surface area contributed by atoms with Crippen molar-refractivity contribution >= 4 is 0 Å². The van der Waals surface area contributed by atoms with Crippen LogP contribution in [0.1, 0.15) is 83.5 Å². The molecule has 2 rings (SSSR count). The number of hydrogen-bond acceptors (Lipinski definition) is 0. The van der Waals surface area contributed by atoms with Crippen LogP contribution in [0.3, 0.4) is 0 Å². The van der Waals surface area contributed by atoms with Gasteiger partial charge in [0.15, 0.2) is 0 Å². The van der Waals surface area contributed by atoms with Crippen LogP contribution in [0.4, 0.5) is 0 Å². The topological polar surface area (TPSA) is 0 Å². The highest BCUT2D eigenvalue weighted by atomic mass is 14.1. The molecule has 0 atom stereocenters. The minimum atomic E-state index is 1.16. The van der Waals surface area contributed by atoms with Crippen molar-refractivity contribution in [1.82, 2.24) is 0 Å². The predicted octanol–water partition coefficient (Wildman–Crippen LogP) is 7.05. The van der Waals surface area contributed by atoms with Crippen LogP contribution in [0.25, 0.3) is 0 Å². The molecule has 0 saturated heterocycles. The summed E-state index contributed by atoms with van der Waals surface area (Å²) in [5.41, 5.74) is 3.20. The van der Waals surface area contributed by atoms with Gasteiger partial charge in [-0.05, 0) is 57.8 Å². The van der Waals surface area contributed by atoms with Crippen LogP contribution in [-0.2, 0) is 0 Å². The van der Waals surface area contributed by atoms with Gasteiger partial charge in [0.05, 0.1) is 0 Å². The summed E-state index contributed by atoms with van der Waals surface area (Å²) >= 11 is 0. The monoisotopic (exact) mass is 284 g/mol. The van der Waals surface area contributed by atoms with E-state index in [0.717, 1.165) is 6.42 Å². The standard InChI is InChI=1S/C21H32/c1-3-8-14-20(15-9-4-1)18-12-7-13-19-21-16-10-5-2-6-11-17-21/h7,12-14,16,18H,1-6,8-11,15,17,19H2/b13-7+,18-12+,20-14+,21-16+. The maximum atomic E-state index is 2.49. The Labute approximate surface area is 131 Å². The lowest BCUT2D eigenvalue weighted by Crippen LogP contribution is -1.89. The molecule has 0 aromatic heterocycles. The van der Waals surface area contributed by atoms with Crippen molar-refractivity contribution in [2.45, 2.75) is 83.5 Å². The fourth-order valence-electron chi connectivity index (χ4n) is 3.29. The molecule has 2 aliphatic carbocycles. The zero-order valence-electron chi connectivity index (χ0n) is 13.7. The van der Waals surface area contributed by atoms with Gasteiger partial charge in [0.1, 0.15) is 0 Å². The molecule has 21 heavy (non-hydrogen) atoms. The third-order valence-corrected chi connectivity index (χ3v) is 4.65. The Balaban J connectivity index is 1.74. The molecule has 0 bridgehead atoms. The Morgan fingerprint density at radius 2 is 1.43 bits per heavy atom. The van der Waals surface area contributed by atoms with Crippen LogP contribution >= 0.6 is 0 Å². The van der Waals surface area contributed by atoms with Crippen LogP contribution in [0.15, 0.2) is 47.6 Å². The van der Waals surface area contributed by atoms with Gasteiger partial charge < -0.3 is 0 Å². The molecule has 0 aliphatic heterocycles. The average Bonchev–Trinajstić information content (AvgIpc) is 2.42. The second-order valence-electron chi connectivity index (χ2n) is 6.54. The lowest BCUT2D eigenvalue weighted by molar-refractivity contribution is 0.621. The van der Waals surface area contributed by atoms with E-state index in [1.165, 1.54) is 77.0 Å². The van der Waals surface area contributed by atoms with Gasteiger partial charge in [-0.3, -0.25) is 0 Å². The molecule has 2 aliphatic rings. The first-order chi connectivity index (χ1) is 10.4. The van der Waals surface area contributed by atoms with E-state index in [1.54, 1.807) is 11.1 Å². The van der Waals surface area contributed by atoms with Crippen molar-refractivity contribution in [3.63, 3.8) is 0 Å². The average molecular weight is 284 g/mol. The summed E-state index contributed by atoms with van der Waals surface area (Å²) in [7, 11) is 0. The third kappa shape index (κ3) is 7.50. The van der Waals surface area contributed by atoms with E-state index in [2.05, 4.69) is 36.5 Å². The number of allylic oxidation sites excluding steroid dienone is 8. The zero-order chi connectivity index (χ0) is 14.6. The van der Waals surface area contributed by atoms with Crippen molar-refractivity contribution in [2.75, 3.05) is 0 Å². The highest BCUT2D eigenvalue weighted by molar-refractivity contribution is 5.23. The number of hydrogen-bond donors (Lipinski definition) is 0. The Bertz CT molecular complexity index is 392. The van der Waals surface area contributed by atoms with Crippen molar-refractivity contribution < 1.29 is 0 Å². The van der Waals surface area contributed by atoms with Crippen LogP contribution in [0.5, 0.6) is 0 Å². The summed E-state index contributed by atoms with van der Waals surface area (Å²) in [6, 6.07) is 0. The Hall–Kier alpha value is -1.04. The molecular formula is C21H32. The van der Waals surface area contributed by atoms with Crippen molar-refractivity contribution in [1.29, 1.82) is 0 Å². The second-order valence-corrected chi connectivity index (χ2v) is 6.54. The Morgan fingerprint density at radius 3 is 2.29 bits per heavy atom. The van der Waals surface area contributed by atoms with Gasteiger partial charge in [0.2, 0.25) is 0 Å². The summed E-state index contributed by atoms with van der Waals surface area (Å²) in [5, 5.41) is 0. The second kappa shape index (κ2) is 10.7. The maximum absolute atomic E-state index is 2.49. The summed E-state index contributed by atoms with van der Waals surface area (Å²) in [6.45, 7) is 0. The van der Waals surface area contributed by atoms with Crippen LogP contribution in [0.2, 0.25) is 0 Å². The molecule has 0 heterocycles. The minimum absolute atomic E-state index is 1.16. The fourth-order valence-corrected chi connectivity index (χ4v) is 3.29. The van der Waals surface area contributed by atoms with Crippen LogP contribution in [-0.4, -0.2) is 0 Å². The molecule has 0 spiro atoms. The van der Waals surface area contributed by atoms with Gasteiger partial charge in [-0.15, -0.1) is 0 Å². The van der Waals surface area contributed by atoms with Crippen LogP contribution < -0.4 is 0 Å². The van der Waals surface area contributed by atoms with E-state index in [1.807, 2.05) is 0 Å². The molecule has 0 radical (unpaired) electrons. The molecule has 116 valence electrons. The summed E-state index contributed by atoms with van der Waals surface area (Å²) in [4.78, 5) is 0. The van der Waals surface area contributed by atoms with Gasteiger partial charge in [-0.25, -0.2) is 0 Å². The van der Waals surface area contributed by atoms with E-state index < -0.39 is 0 Å². The molecule has 0 unspecified atom stereocenters. The predicted molar refractivity (Wildman–Crippen MR) is 94.5 cm³/mol. The largest absolute Gasteiger partial charge is 0.0850 e. The van der Waals surface area contributed by atoms with E-state index >= 15 is 0 Å². The highest BCUT2D eigenvalue weighted by Crippen LogP contribution is 2.20. The van der Waals surface area contributed by atoms with E-state index in [0.29, 0.717) is 0 Å². The third-order valence-electron chi connectivity index (χ3n) is 4.65. The molecule has 0 N–H and O–H groups in total. The molecule has 0 aromatic rings. The van der Waals surface area contributed by atoms with Gasteiger partial charge in [-0.1, -0.05) is 73.3 Å². The molecule has 0 amide bonds. The smallest absolute Gasteiger partial charge is 0.0136 e. The van der Waals surface area contributed by atoms with Gasteiger partial charge in [0, 0.05) is 0 Å². The summed E-state index contributed by atoms with van der Waals surface area (Å²) < 4.78 is 0. The minimum Gasteiger partial charge on any atom is -0.0850 e. The molecule has 0 saturated carbocycles. The molecular weight excluding hydrogens is 252 g/mol. The Kier molecular flexibility index (Phi) is 8.29. The fraction of sp³-hybridized carbons (Fsp3) is 0.619.